The van der Waals surface area contributed by atoms with E-state index in [4.69, 9.17) is 4.74 Å². The van der Waals surface area contributed by atoms with Crippen molar-refractivity contribution in [1.29, 1.82) is 0 Å². The average molecular weight is 372 g/mol. The highest BCUT2D eigenvalue weighted by Gasteiger charge is 2.19. The van der Waals surface area contributed by atoms with Gasteiger partial charge in [-0.2, -0.15) is 4.31 Å². The van der Waals surface area contributed by atoms with Gasteiger partial charge >= 0.3 is 0 Å². The van der Waals surface area contributed by atoms with Gasteiger partial charge in [-0.15, -0.1) is 0 Å². The molecule has 7 nitrogen and oxygen atoms in total. The summed E-state index contributed by atoms with van der Waals surface area (Å²) >= 11 is 0. The fourth-order valence-electron chi connectivity index (χ4n) is 2.26. The molecule has 0 saturated heterocycles. The van der Waals surface area contributed by atoms with Crippen molar-refractivity contribution < 1.29 is 17.9 Å². The van der Waals surface area contributed by atoms with Crippen LogP contribution in [0.15, 0.2) is 18.2 Å². The molecule has 1 amide bonds. The molecule has 0 radical (unpaired) electrons. The Morgan fingerprint density at radius 2 is 1.92 bits per heavy atom. The van der Waals surface area contributed by atoms with Crippen molar-refractivity contribution in [3.63, 3.8) is 0 Å². The summed E-state index contributed by atoms with van der Waals surface area (Å²) in [5, 5.41) is 2.85. The molecule has 0 spiro atoms. The zero-order valence-electron chi connectivity index (χ0n) is 15.9. The topological polar surface area (TPSA) is 79.0 Å². The van der Waals surface area contributed by atoms with Gasteiger partial charge < -0.3 is 15.0 Å². The number of benzene rings is 1. The van der Waals surface area contributed by atoms with Crippen LogP contribution in [0.5, 0.6) is 0 Å². The Morgan fingerprint density at radius 1 is 1.28 bits per heavy atom. The van der Waals surface area contributed by atoms with Gasteiger partial charge in [0.2, 0.25) is 15.9 Å². The van der Waals surface area contributed by atoms with Gasteiger partial charge in [-0.05, 0) is 23.8 Å². The summed E-state index contributed by atoms with van der Waals surface area (Å²) in [6.45, 7) is 4.43. The third-order valence-electron chi connectivity index (χ3n) is 3.71. The first-order valence-corrected chi connectivity index (χ1v) is 9.96. The van der Waals surface area contributed by atoms with Crippen LogP contribution >= 0.6 is 0 Å². The Balaban J connectivity index is 3.17. The number of nitrogens with one attached hydrogen (secondary N) is 1. The Labute approximate surface area is 151 Å². The number of carbonyl (C=O) groups is 1. The first-order valence-electron chi connectivity index (χ1n) is 8.11. The van der Waals surface area contributed by atoms with Crippen molar-refractivity contribution in [2.75, 3.05) is 50.8 Å². The lowest BCUT2D eigenvalue weighted by atomic mass is 10.1. The van der Waals surface area contributed by atoms with Gasteiger partial charge in [-0.1, -0.05) is 13.8 Å². The van der Waals surface area contributed by atoms with Gasteiger partial charge in [0, 0.05) is 51.6 Å². The number of hydrogen-bond donors (Lipinski definition) is 1. The zero-order valence-corrected chi connectivity index (χ0v) is 16.7. The molecule has 0 aliphatic rings. The third-order valence-corrected chi connectivity index (χ3v) is 4.96. The molecule has 0 aliphatic heterocycles. The molecule has 0 atom stereocenters. The van der Waals surface area contributed by atoms with E-state index in [0.29, 0.717) is 12.3 Å². The van der Waals surface area contributed by atoms with Gasteiger partial charge in [-0.25, -0.2) is 8.42 Å². The SMILES string of the molecule is COCCN(Cc1cc(NC(=O)C(C)C)ccc1N(C)C)S(C)(=O)=O. The van der Waals surface area contributed by atoms with Crippen LogP contribution < -0.4 is 10.2 Å². The van der Waals surface area contributed by atoms with Gasteiger partial charge in [0.05, 0.1) is 12.9 Å². The minimum absolute atomic E-state index is 0.0806. The Morgan fingerprint density at radius 3 is 2.40 bits per heavy atom. The van der Waals surface area contributed by atoms with E-state index >= 15 is 0 Å². The molecule has 1 aromatic rings. The van der Waals surface area contributed by atoms with E-state index in [0.717, 1.165) is 11.3 Å². The van der Waals surface area contributed by atoms with Crippen LogP contribution in [-0.4, -0.2) is 59.2 Å². The minimum atomic E-state index is -3.38. The maximum atomic E-state index is 12.1. The number of rotatable bonds is 9. The van der Waals surface area contributed by atoms with E-state index in [1.807, 2.05) is 51.0 Å². The summed E-state index contributed by atoms with van der Waals surface area (Å²) in [5.41, 5.74) is 2.36. The van der Waals surface area contributed by atoms with E-state index in [1.165, 1.54) is 17.7 Å². The average Bonchev–Trinajstić information content (AvgIpc) is 2.50. The molecule has 1 aromatic carbocycles. The first kappa shape index (κ1) is 21.4. The summed E-state index contributed by atoms with van der Waals surface area (Å²) < 4.78 is 30.5. The summed E-state index contributed by atoms with van der Waals surface area (Å²) in [7, 11) is 1.94. The van der Waals surface area contributed by atoms with Crippen LogP contribution in [-0.2, 0) is 26.1 Å². The van der Waals surface area contributed by atoms with Gasteiger partial charge in [0.1, 0.15) is 0 Å². The predicted molar refractivity (Wildman–Crippen MR) is 101 cm³/mol. The van der Waals surface area contributed by atoms with E-state index in [-0.39, 0.29) is 24.9 Å². The zero-order chi connectivity index (χ0) is 19.2. The molecule has 8 heteroatoms. The maximum absolute atomic E-state index is 12.1. The normalized spacial score (nSPS) is 11.8. The Bertz CT molecular complexity index is 687. The fraction of sp³-hybridized carbons (Fsp3) is 0.588. The number of ether oxygens (including phenoxy) is 1. The molecule has 0 unspecified atom stereocenters. The molecule has 0 aromatic heterocycles. The van der Waals surface area contributed by atoms with Crippen LogP contribution in [0.25, 0.3) is 0 Å². The maximum Gasteiger partial charge on any atom is 0.226 e. The number of methoxy groups -OCH3 is 1. The monoisotopic (exact) mass is 371 g/mol. The highest BCUT2D eigenvalue weighted by Crippen LogP contribution is 2.25. The van der Waals surface area contributed by atoms with E-state index in [1.54, 1.807) is 0 Å². The smallest absolute Gasteiger partial charge is 0.226 e. The van der Waals surface area contributed by atoms with Crippen LogP contribution in [0.2, 0.25) is 0 Å². The molecule has 0 fully saturated rings. The third kappa shape index (κ3) is 6.64. The van der Waals surface area contributed by atoms with Crippen LogP contribution in [0.1, 0.15) is 19.4 Å². The number of sulfonamides is 1. The van der Waals surface area contributed by atoms with Crippen LogP contribution in [0.4, 0.5) is 11.4 Å². The molecule has 1 N–H and O–H groups in total. The molecule has 0 heterocycles. The minimum Gasteiger partial charge on any atom is -0.383 e. The molecule has 1 rings (SSSR count). The van der Waals surface area contributed by atoms with Crippen molar-refractivity contribution in [2.24, 2.45) is 5.92 Å². The van der Waals surface area contributed by atoms with E-state index < -0.39 is 10.0 Å². The number of hydrogen-bond acceptors (Lipinski definition) is 5. The van der Waals surface area contributed by atoms with Crippen LogP contribution in [0, 0.1) is 5.92 Å². The van der Waals surface area contributed by atoms with Crippen molar-refractivity contribution in [2.45, 2.75) is 20.4 Å². The molecule has 0 saturated carbocycles. The standard InChI is InChI=1S/C17H29N3O4S/c1-13(2)17(21)18-15-7-8-16(19(3)4)14(11-15)12-20(9-10-24-5)25(6,22)23/h7-8,11,13H,9-10,12H2,1-6H3,(H,18,21). The van der Waals surface area contributed by atoms with Crippen molar-refractivity contribution >= 4 is 27.3 Å². The second-order valence-electron chi connectivity index (χ2n) is 6.47. The number of carbonyl (C=O) groups excluding carboxylic acids is 1. The van der Waals surface area contributed by atoms with Crippen molar-refractivity contribution in [3.8, 4) is 0 Å². The molecular formula is C17H29N3O4S. The fourth-order valence-corrected chi connectivity index (χ4v) is 3.04. The van der Waals surface area contributed by atoms with Crippen molar-refractivity contribution in [3.05, 3.63) is 23.8 Å². The predicted octanol–water partition coefficient (Wildman–Crippen LogP) is 1.76. The highest BCUT2D eigenvalue weighted by atomic mass is 32.2. The van der Waals surface area contributed by atoms with E-state index in [2.05, 4.69) is 5.32 Å². The molecule has 142 valence electrons. The number of nitrogens with zero attached hydrogens (tertiary/aromatic N) is 2. The largest absolute Gasteiger partial charge is 0.383 e. The second kappa shape index (κ2) is 9.17. The first-order chi connectivity index (χ1) is 11.6. The lowest BCUT2D eigenvalue weighted by molar-refractivity contribution is -0.118. The summed E-state index contributed by atoms with van der Waals surface area (Å²) in [4.78, 5) is 13.8. The molecule has 25 heavy (non-hydrogen) atoms. The Kier molecular flexibility index (Phi) is 7.85. The van der Waals surface area contributed by atoms with Gasteiger partial charge in [0.15, 0.2) is 0 Å². The second-order valence-corrected chi connectivity index (χ2v) is 8.45. The lowest BCUT2D eigenvalue weighted by Crippen LogP contribution is -2.33. The lowest BCUT2D eigenvalue weighted by Gasteiger charge is -2.24. The van der Waals surface area contributed by atoms with Crippen molar-refractivity contribution in [1.82, 2.24) is 4.31 Å². The Hall–Kier alpha value is -1.64. The quantitative estimate of drug-likeness (QED) is 0.715. The van der Waals surface area contributed by atoms with E-state index in [9.17, 15) is 13.2 Å². The summed E-state index contributed by atoms with van der Waals surface area (Å²) in [6, 6.07) is 5.52. The van der Waals surface area contributed by atoms with Crippen LogP contribution in [0.3, 0.4) is 0 Å². The summed E-state index contributed by atoms with van der Waals surface area (Å²) in [6.07, 6.45) is 1.18. The number of amides is 1. The number of anilines is 2. The molecular weight excluding hydrogens is 342 g/mol. The highest BCUT2D eigenvalue weighted by molar-refractivity contribution is 7.88. The molecule has 0 aliphatic carbocycles. The van der Waals surface area contributed by atoms with Gasteiger partial charge in [-0.3, -0.25) is 4.79 Å². The summed E-state index contributed by atoms with van der Waals surface area (Å²) in [5.74, 6) is -0.214. The molecule has 0 bridgehead atoms. The van der Waals surface area contributed by atoms with Gasteiger partial charge in [0.25, 0.3) is 0 Å².